The predicted molar refractivity (Wildman–Crippen MR) is 125 cm³/mol. The Labute approximate surface area is 194 Å². The van der Waals surface area contributed by atoms with E-state index in [1.165, 1.54) is 0 Å². The van der Waals surface area contributed by atoms with Crippen molar-refractivity contribution in [1.29, 1.82) is 0 Å². The highest BCUT2D eigenvalue weighted by Crippen LogP contribution is 2.28. The van der Waals surface area contributed by atoms with Crippen molar-refractivity contribution in [2.24, 2.45) is 0 Å². The van der Waals surface area contributed by atoms with Crippen LogP contribution in [0.5, 0.6) is 5.75 Å². The van der Waals surface area contributed by atoms with Gasteiger partial charge in [-0.15, -0.1) is 0 Å². The van der Waals surface area contributed by atoms with Crippen LogP contribution < -0.4 is 15.0 Å². The van der Waals surface area contributed by atoms with E-state index in [0.29, 0.717) is 18.5 Å². The number of hydrogen-bond acceptors (Lipinski definition) is 6. The van der Waals surface area contributed by atoms with Crippen LogP contribution in [-0.2, 0) is 9.59 Å². The largest absolute Gasteiger partial charge is 0.495 e. The van der Waals surface area contributed by atoms with Gasteiger partial charge in [-0.3, -0.25) is 24.2 Å². The highest BCUT2D eigenvalue weighted by molar-refractivity contribution is 6.09. The van der Waals surface area contributed by atoms with E-state index in [-0.39, 0.29) is 18.2 Å². The highest BCUT2D eigenvalue weighted by Gasteiger charge is 2.40. The van der Waals surface area contributed by atoms with Crippen LogP contribution in [-0.4, -0.2) is 79.9 Å². The first-order chi connectivity index (χ1) is 16.1. The molecule has 4 rings (SSSR count). The van der Waals surface area contributed by atoms with Gasteiger partial charge in [0.15, 0.2) is 0 Å². The molecule has 2 aliphatic heterocycles. The van der Waals surface area contributed by atoms with E-state index in [1.807, 2.05) is 24.3 Å². The molecule has 8 heteroatoms. The third kappa shape index (κ3) is 5.17. The number of amides is 3. The second-order valence-corrected chi connectivity index (χ2v) is 8.28. The normalized spacial score (nSPS) is 18.9. The lowest BCUT2D eigenvalue weighted by atomic mass is 10.1. The monoisotopic (exact) mass is 450 g/mol. The number of ether oxygens (including phenoxy) is 1. The zero-order valence-electron chi connectivity index (χ0n) is 18.9. The molecular weight excluding hydrogens is 420 g/mol. The first-order valence-electron chi connectivity index (χ1n) is 11.4. The summed E-state index contributed by atoms with van der Waals surface area (Å²) in [4.78, 5) is 43.6. The van der Waals surface area contributed by atoms with Crippen molar-refractivity contribution in [3.05, 3.63) is 60.2 Å². The topological polar surface area (TPSA) is 82.2 Å². The van der Waals surface area contributed by atoms with Gasteiger partial charge in [-0.25, -0.2) is 0 Å². The maximum atomic E-state index is 12.8. The predicted octanol–water partition coefficient (Wildman–Crippen LogP) is 1.76. The van der Waals surface area contributed by atoms with Crippen LogP contribution >= 0.6 is 0 Å². The Morgan fingerprint density at radius 2 is 1.70 bits per heavy atom. The second kappa shape index (κ2) is 10.5. The van der Waals surface area contributed by atoms with Gasteiger partial charge in [-0.2, -0.15) is 0 Å². The minimum atomic E-state index is -0.743. The third-order valence-electron chi connectivity index (χ3n) is 6.28. The Balaban J connectivity index is 1.26. The van der Waals surface area contributed by atoms with Crippen molar-refractivity contribution in [3.8, 4) is 5.75 Å². The van der Waals surface area contributed by atoms with E-state index in [9.17, 15) is 14.4 Å². The minimum absolute atomic E-state index is 0.210. The molecule has 174 valence electrons. The number of carbonyl (C=O) groups is 3. The number of rotatable bonds is 7. The van der Waals surface area contributed by atoms with E-state index in [4.69, 9.17) is 4.74 Å². The van der Waals surface area contributed by atoms with E-state index in [1.54, 1.807) is 31.4 Å². The average Bonchev–Trinajstić information content (AvgIpc) is 3.25. The molecule has 2 aromatic carbocycles. The molecule has 2 heterocycles. The molecule has 0 spiro atoms. The fraction of sp³-hybridized carbons (Fsp3) is 0.400. The van der Waals surface area contributed by atoms with Crippen LogP contribution in [0.25, 0.3) is 0 Å². The quantitative estimate of drug-likeness (QED) is 0.648. The molecular formula is C25H30N4O4. The number of para-hydroxylation sites is 2. The summed E-state index contributed by atoms with van der Waals surface area (Å²) in [5.41, 5.74) is 1.51. The molecule has 8 nitrogen and oxygen atoms in total. The molecule has 33 heavy (non-hydrogen) atoms. The van der Waals surface area contributed by atoms with Gasteiger partial charge in [0.2, 0.25) is 11.8 Å². The van der Waals surface area contributed by atoms with Crippen molar-refractivity contribution in [2.45, 2.75) is 18.9 Å². The number of nitrogens with zero attached hydrogens (tertiary/aromatic N) is 3. The van der Waals surface area contributed by atoms with Crippen LogP contribution in [0.1, 0.15) is 23.2 Å². The zero-order valence-corrected chi connectivity index (χ0v) is 18.9. The van der Waals surface area contributed by atoms with Gasteiger partial charge >= 0.3 is 0 Å². The van der Waals surface area contributed by atoms with E-state index >= 15 is 0 Å². The average molecular weight is 451 g/mol. The van der Waals surface area contributed by atoms with Crippen LogP contribution in [0, 0.1) is 0 Å². The SMILES string of the molecule is COc1ccccc1N1CCN(CCNC(=O)[C@@H]2CCC(=O)N2C(=O)c2ccccc2)CC1. The van der Waals surface area contributed by atoms with Crippen molar-refractivity contribution in [2.75, 3.05) is 51.3 Å². The molecule has 2 aliphatic rings. The highest BCUT2D eigenvalue weighted by atomic mass is 16.5. The maximum Gasteiger partial charge on any atom is 0.261 e. The summed E-state index contributed by atoms with van der Waals surface area (Å²) in [6.45, 7) is 4.73. The molecule has 2 fully saturated rings. The Morgan fingerprint density at radius 3 is 2.42 bits per heavy atom. The summed E-state index contributed by atoms with van der Waals surface area (Å²) in [5.74, 6) is -0.0982. The summed E-state index contributed by atoms with van der Waals surface area (Å²) in [6.07, 6.45) is 0.572. The summed E-state index contributed by atoms with van der Waals surface area (Å²) in [7, 11) is 1.68. The Morgan fingerprint density at radius 1 is 1.00 bits per heavy atom. The Hall–Kier alpha value is -3.39. The zero-order chi connectivity index (χ0) is 23.2. The lowest BCUT2D eigenvalue weighted by Crippen LogP contribution is -2.51. The van der Waals surface area contributed by atoms with Gasteiger partial charge in [0.1, 0.15) is 11.8 Å². The van der Waals surface area contributed by atoms with Gasteiger partial charge in [0, 0.05) is 51.3 Å². The van der Waals surface area contributed by atoms with Crippen molar-refractivity contribution >= 4 is 23.4 Å². The van der Waals surface area contributed by atoms with E-state index in [2.05, 4.69) is 21.2 Å². The summed E-state index contributed by atoms with van der Waals surface area (Å²) < 4.78 is 5.47. The van der Waals surface area contributed by atoms with Crippen LogP contribution in [0.4, 0.5) is 5.69 Å². The maximum absolute atomic E-state index is 12.8. The number of imide groups is 1. The smallest absolute Gasteiger partial charge is 0.261 e. The molecule has 3 amide bonds. The minimum Gasteiger partial charge on any atom is -0.495 e. The second-order valence-electron chi connectivity index (χ2n) is 8.28. The number of benzene rings is 2. The van der Waals surface area contributed by atoms with Gasteiger partial charge in [0.25, 0.3) is 5.91 Å². The molecule has 2 saturated heterocycles. The van der Waals surface area contributed by atoms with Crippen molar-refractivity contribution < 1.29 is 19.1 Å². The van der Waals surface area contributed by atoms with Crippen LogP contribution in [0.3, 0.4) is 0 Å². The number of piperazine rings is 1. The van der Waals surface area contributed by atoms with Gasteiger partial charge in [-0.05, 0) is 30.7 Å². The number of hydrogen-bond donors (Lipinski definition) is 1. The number of anilines is 1. The van der Waals surface area contributed by atoms with Gasteiger partial charge in [0.05, 0.1) is 12.8 Å². The number of carbonyl (C=O) groups excluding carboxylic acids is 3. The molecule has 1 N–H and O–H groups in total. The molecule has 0 radical (unpaired) electrons. The summed E-state index contributed by atoms with van der Waals surface area (Å²) >= 11 is 0. The van der Waals surface area contributed by atoms with Gasteiger partial charge < -0.3 is 15.0 Å². The summed E-state index contributed by atoms with van der Waals surface area (Å²) in [5, 5.41) is 2.93. The standard InChI is InChI=1S/C25H30N4O4/c1-33-22-10-6-5-9-20(22)28-17-15-27(16-18-28)14-13-26-24(31)21-11-12-23(30)29(21)25(32)19-7-3-2-4-8-19/h2-10,21H,11-18H2,1H3,(H,26,31)/t21-/m0/s1. The van der Waals surface area contributed by atoms with Crippen molar-refractivity contribution in [1.82, 2.24) is 15.1 Å². The fourth-order valence-electron chi connectivity index (χ4n) is 4.46. The number of nitrogens with one attached hydrogen (secondary N) is 1. The third-order valence-corrected chi connectivity index (χ3v) is 6.28. The van der Waals surface area contributed by atoms with Crippen LogP contribution in [0.15, 0.2) is 54.6 Å². The lowest BCUT2D eigenvalue weighted by Gasteiger charge is -2.36. The Kier molecular flexibility index (Phi) is 7.24. The fourth-order valence-corrected chi connectivity index (χ4v) is 4.46. The Bertz CT molecular complexity index is 989. The van der Waals surface area contributed by atoms with E-state index < -0.39 is 11.9 Å². The van der Waals surface area contributed by atoms with E-state index in [0.717, 1.165) is 49.1 Å². The molecule has 2 aromatic rings. The van der Waals surface area contributed by atoms with Gasteiger partial charge in [-0.1, -0.05) is 30.3 Å². The molecule has 0 saturated carbocycles. The molecule has 0 aliphatic carbocycles. The first kappa shape index (κ1) is 22.8. The first-order valence-corrected chi connectivity index (χ1v) is 11.4. The number of likely N-dealkylation sites (tertiary alicyclic amines) is 1. The number of methoxy groups -OCH3 is 1. The molecule has 0 bridgehead atoms. The molecule has 0 aromatic heterocycles. The lowest BCUT2D eigenvalue weighted by molar-refractivity contribution is -0.132. The van der Waals surface area contributed by atoms with Crippen LogP contribution in [0.2, 0.25) is 0 Å². The van der Waals surface area contributed by atoms with Crippen molar-refractivity contribution in [3.63, 3.8) is 0 Å². The molecule has 0 unspecified atom stereocenters. The summed E-state index contributed by atoms with van der Waals surface area (Å²) in [6, 6.07) is 15.9. The molecule has 1 atom stereocenters.